The Morgan fingerprint density at radius 2 is 1.68 bits per heavy atom. The third kappa shape index (κ3) is 4.66. The molecule has 1 unspecified atom stereocenters. The molecule has 1 heterocycles. The molecule has 3 rings (SSSR count). The summed E-state index contributed by atoms with van der Waals surface area (Å²) in [5.74, 6) is -0.366. The molecule has 1 N–H and O–H groups in total. The number of carbonyl (C=O) groups excluding carboxylic acids is 2. The summed E-state index contributed by atoms with van der Waals surface area (Å²) in [6.07, 6.45) is 1.75. The van der Waals surface area contributed by atoms with Crippen LogP contribution in [0, 0.1) is 0 Å². The molecule has 1 atom stereocenters. The highest BCUT2D eigenvalue weighted by molar-refractivity contribution is 6.46. The molecule has 1 aliphatic heterocycles. The van der Waals surface area contributed by atoms with Gasteiger partial charge in [0.25, 0.3) is 5.91 Å². The van der Waals surface area contributed by atoms with E-state index in [2.05, 4.69) is 22.4 Å². The summed E-state index contributed by atoms with van der Waals surface area (Å²) in [7, 11) is 0. The molecule has 0 aliphatic carbocycles. The van der Waals surface area contributed by atoms with E-state index in [0.717, 1.165) is 18.4 Å². The smallest absolute Gasteiger partial charge is 0.275 e. The van der Waals surface area contributed by atoms with E-state index in [1.54, 1.807) is 0 Å². The third-order valence-electron chi connectivity index (χ3n) is 4.96. The summed E-state index contributed by atoms with van der Waals surface area (Å²) >= 11 is 0. The second-order valence-corrected chi connectivity index (χ2v) is 7.70. The molecule has 5 nitrogen and oxygen atoms in total. The van der Waals surface area contributed by atoms with Crippen LogP contribution in [0.2, 0.25) is 0 Å². The monoisotopic (exact) mass is 377 g/mol. The van der Waals surface area contributed by atoms with Crippen molar-refractivity contribution in [3.8, 4) is 0 Å². The molecule has 1 aliphatic rings. The van der Waals surface area contributed by atoms with Crippen molar-refractivity contribution >= 4 is 17.5 Å². The Kier molecular flexibility index (Phi) is 5.93. The molecule has 2 aromatic carbocycles. The first-order chi connectivity index (χ1) is 13.4. The topological polar surface area (TPSA) is 61.8 Å². The Bertz CT molecular complexity index is 860. The van der Waals surface area contributed by atoms with Gasteiger partial charge < -0.3 is 10.2 Å². The van der Waals surface area contributed by atoms with Crippen molar-refractivity contribution in [3.05, 3.63) is 71.8 Å². The normalized spacial score (nSPS) is 16.6. The minimum Gasteiger partial charge on any atom is -0.352 e. The average molecular weight is 377 g/mol. The number of benzene rings is 2. The van der Waals surface area contributed by atoms with E-state index in [4.69, 9.17) is 0 Å². The Balaban J connectivity index is 1.57. The number of hydrogen-bond donors (Lipinski definition) is 1. The minimum absolute atomic E-state index is 0.00133. The standard InChI is InChI=1S/C23H27N3O2/c1-17(14-15-18-10-6-4-7-11-18)24-20(27)16-26-22(28)21(25-23(26,2)3)19-12-8-5-9-13-19/h4-13,17H,14-16H2,1-3H3,(H,24,27). The lowest BCUT2D eigenvalue weighted by molar-refractivity contribution is -0.134. The van der Waals surface area contributed by atoms with Gasteiger partial charge in [0, 0.05) is 11.6 Å². The number of aryl methyl sites for hydroxylation is 1. The maximum absolute atomic E-state index is 12.9. The number of aliphatic imine (C=N–C) groups is 1. The van der Waals surface area contributed by atoms with Crippen LogP contribution < -0.4 is 5.32 Å². The first-order valence-corrected chi connectivity index (χ1v) is 9.67. The maximum Gasteiger partial charge on any atom is 0.275 e. The molecule has 0 fully saturated rings. The molecular weight excluding hydrogens is 350 g/mol. The van der Waals surface area contributed by atoms with E-state index in [1.807, 2.05) is 69.3 Å². The zero-order valence-corrected chi connectivity index (χ0v) is 16.7. The largest absolute Gasteiger partial charge is 0.352 e. The van der Waals surface area contributed by atoms with Crippen LogP contribution >= 0.6 is 0 Å². The molecule has 0 saturated carbocycles. The van der Waals surface area contributed by atoms with E-state index in [-0.39, 0.29) is 24.4 Å². The second-order valence-electron chi connectivity index (χ2n) is 7.70. The van der Waals surface area contributed by atoms with E-state index >= 15 is 0 Å². The predicted molar refractivity (Wildman–Crippen MR) is 111 cm³/mol. The molecule has 0 spiro atoms. The molecular formula is C23H27N3O2. The Hall–Kier alpha value is -2.95. The maximum atomic E-state index is 12.9. The summed E-state index contributed by atoms with van der Waals surface area (Å²) in [4.78, 5) is 31.5. The fourth-order valence-electron chi connectivity index (χ4n) is 3.37. The molecule has 0 radical (unpaired) electrons. The Morgan fingerprint density at radius 1 is 1.07 bits per heavy atom. The quantitative estimate of drug-likeness (QED) is 0.805. The molecule has 0 saturated heterocycles. The lowest BCUT2D eigenvalue weighted by atomic mass is 10.1. The van der Waals surface area contributed by atoms with Crippen molar-refractivity contribution in [3.63, 3.8) is 0 Å². The highest BCUT2D eigenvalue weighted by Gasteiger charge is 2.41. The summed E-state index contributed by atoms with van der Waals surface area (Å²) < 4.78 is 0. The Labute approximate surface area is 166 Å². The number of hydrogen-bond acceptors (Lipinski definition) is 3. The number of rotatable bonds is 7. The molecule has 0 bridgehead atoms. The van der Waals surface area contributed by atoms with Gasteiger partial charge in [0.2, 0.25) is 5.91 Å². The number of carbonyl (C=O) groups is 2. The lowest BCUT2D eigenvalue weighted by Crippen LogP contribution is -2.49. The lowest BCUT2D eigenvalue weighted by Gasteiger charge is -2.29. The number of nitrogens with one attached hydrogen (secondary N) is 1. The van der Waals surface area contributed by atoms with E-state index in [9.17, 15) is 9.59 Å². The van der Waals surface area contributed by atoms with Crippen LogP contribution in [0.15, 0.2) is 65.7 Å². The SMILES string of the molecule is CC(CCc1ccccc1)NC(=O)CN1C(=O)C(c2ccccc2)=NC1(C)C. The predicted octanol–water partition coefficient (Wildman–Crippen LogP) is 3.19. The van der Waals surface area contributed by atoms with E-state index in [1.165, 1.54) is 10.5 Å². The van der Waals surface area contributed by atoms with Crippen LogP contribution in [0.1, 0.15) is 38.3 Å². The summed E-state index contributed by atoms with van der Waals surface area (Å²) in [5.41, 5.74) is 1.70. The third-order valence-corrected chi connectivity index (χ3v) is 4.96. The zero-order chi connectivity index (χ0) is 20.1. The highest BCUT2D eigenvalue weighted by atomic mass is 16.2. The summed E-state index contributed by atoms with van der Waals surface area (Å²) in [6.45, 7) is 5.70. The van der Waals surface area contributed by atoms with Crippen LogP contribution in [-0.2, 0) is 16.0 Å². The first-order valence-electron chi connectivity index (χ1n) is 9.67. The molecule has 28 heavy (non-hydrogen) atoms. The van der Waals surface area contributed by atoms with Crippen molar-refractivity contribution in [2.45, 2.75) is 45.3 Å². The summed E-state index contributed by atoms with van der Waals surface area (Å²) in [6, 6.07) is 19.6. The number of amides is 2. The van der Waals surface area contributed by atoms with Crippen molar-refractivity contribution in [2.24, 2.45) is 4.99 Å². The van der Waals surface area contributed by atoms with Crippen LogP contribution in [0.25, 0.3) is 0 Å². The molecule has 5 heteroatoms. The van der Waals surface area contributed by atoms with Gasteiger partial charge in [-0.15, -0.1) is 0 Å². The minimum atomic E-state index is -0.743. The second kappa shape index (κ2) is 8.38. The van der Waals surface area contributed by atoms with Crippen LogP contribution in [-0.4, -0.2) is 40.7 Å². The van der Waals surface area contributed by atoms with Gasteiger partial charge in [0.05, 0.1) is 0 Å². The van der Waals surface area contributed by atoms with Gasteiger partial charge in [-0.05, 0) is 39.2 Å². The van der Waals surface area contributed by atoms with Gasteiger partial charge in [-0.2, -0.15) is 0 Å². The highest BCUT2D eigenvalue weighted by Crippen LogP contribution is 2.26. The zero-order valence-electron chi connectivity index (χ0n) is 16.7. The van der Waals surface area contributed by atoms with Gasteiger partial charge in [-0.25, -0.2) is 0 Å². The molecule has 0 aromatic heterocycles. The van der Waals surface area contributed by atoms with Gasteiger partial charge in [-0.1, -0.05) is 60.7 Å². The summed E-state index contributed by atoms with van der Waals surface area (Å²) in [5, 5.41) is 3.01. The van der Waals surface area contributed by atoms with Crippen molar-refractivity contribution in [1.82, 2.24) is 10.2 Å². The first kappa shape index (κ1) is 19.8. The fourth-order valence-corrected chi connectivity index (χ4v) is 3.37. The van der Waals surface area contributed by atoms with E-state index in [0.29, 0.717) is 5.71 Å². The van der Waals surface area contributed by atoms with Crippen molar-refractivity contribution in [2.75, 3.05) is 6.54 Å². The van der Waals surface area contributed by atoms with Crippen LogP contribution in [0.3, 0.4) is 0 Å². The number of nitrogens with zero attached hydrogens (tertiary/aromatic N) is 2. The van der Waals surface area contributed by atoms with Crippen molar-refractivity contribution < 1.29 is 9.59 Å². The van der Waals surface area contributed by atoms with Gasteiger partial charge in [0.1, 0.15) is 17.9 Å². The van der Waals surface area contributed by atoms with Gasteiger partial charge in [0.15, 0.2) is 0 Å². The van der Waals surface area contributed by atoms with Crippen molar-refractivity contribution in [1.29, 1.82) is 0 Å². The average Bonchev–Trinajstić information content (AvgIpc) is 2.91. The molecule has 146 valence electrons. The van der Waals surface area contributed by atoms with Crippen LogP contribution in [0.5, 0.6) is 0 Å². The van der Waals surface area contributed by atoms with Gasteiger partial charge in [-0.3, -0.25) is 14.6 Å². The fraction of sp³-hybridized carbons (Fsp3) is 0.348. The Morgan fingerprint density at radius 3 is 2.32 bits per heavy atom. The van der Waals surface area contributed by atoms with E-state index < -0.39 is 5.66 Å². The molecule has 2 aromatic rings. The molecule has 2 amide bonds. The van der Waals surface area contributed by atoms with Crippen LogP contribution in [0.4, 0.5) is 0 Å². The van der Waals surface area contributed by atoms with Gasteiger partial charge >= 0.3 is 0 Å².